The summed E-state index contributed by atoms with van der Waals surface area (Å²) in [5.74, 6) is 1.08. The summed E-state index contributed by atoms with van der Waals surface area (Å²) in [4.78, 5) is 0. The number of aryl methyl sites for hydroxylation is 1. The maximum Gasteiger partial charge on any atom is 0.115 e. The fraction of sp³-hybridized carbons (Fsp3) is 0.538. The molecule has 0 radical (unpaired) electrons. The van der Waals surface area contributed by atoms with E-state index in [1.165, 1.54) is 24.0 Å². The van der Waals surface area contributed by atoms with E-state index in [1.807, 2.05) is 12.1 Å². The molecule has 1 aromatic carbocycles. The van der Waals surface area contributed by atoms with Gasteiger partial charge in [-0.3, -0.25) is 0 Å². The van der Waals surface area contributed by atoms with Crippen LogP contribution in [0.15, 0.2) is 18.2 Å². The minimum absolute atomic E-state index is 0.393. The van der Waals surface area contributed by atoms with Gasteiger partial charge in [0.2, 0.25) is 0 Å². The zero-order valence-electron chi connectivity index (χ0n) is 9.29. The lowest BCUT2D eigenvalue weighted by Crippen LogP contribution is -2.27. The van der Waals surface area contributed by atoms with Gasteiger partial charge in [0.1, 0.15) is 5.75 Å². The molecule has 2 rings (SSSR count). The van der Waals surface area contributed by atoms with Gasteiger partial charge in [-0.1, -0.05) is 13.0 Å². The van der Waals surface area contributed by atoms with E-state index in [1.54, 1.807) is 0 Å². The topological polar surface area (TPSA) is 32.3 Å². The highest BCUT2D eigenvalue weighted by Crippen LogP contribution is 2.30. The van der Waals surface area contributed by atoms with Crippen molar-refractivity contribution < 1.29 is 5.11 Å². The molecule has 1 saturated heterocycles. The molecule has 1 heterocycles. The molecule has 1 aromatic rings. The normalized spacial score (nSPS) is 17.9. The molecule has 0 aliphatic carbocycles. The molecule has 15 heavy (non-hydrogen) atoms. The van der Waals surface area contributed by atoms with E-state index >= 15 is 0 Å². The molecule has 1 aliphatic heterocycles. The summed E-state index contributed by atoms with van der Waals surface area (Å²) >= 11 is 0. The van der Waals surface area contributed by atoms with Crippen molar-refractivity contribution in [1.82, 2.24) is 5.32 Å². The Bertz CT molecular complexity index is 329. The van der Waals surface area contributed by atoms with E-state index in [9.17, 15) is 5.11 Å². The van der Waals surface area contributed by atoms with Crippen molar-refractivity contribution in [3.8, 4) is 5.75 Å². The van der Waals surface area contributed by atoms with Gasteiger partial charge in [0.25, 0.3) is 0 Å². The van der Waals surface area contributed by atoms with Crippen molar-refractivity contribution in [2.24, 2.45) is 0 Å². The van der Waals surface area contributed by atoms with Crippen molar-refractivity contribution in [3.63, 3.8) is 0 Å². The molecule has 82 valence electrons. The number of phenols is 1. The molecule has 0 spiro atoms. The van der Waals surface area contributed by atoms with E-state index in [-0.39, 0.29) is 0 Å². The molecule has 0 aromatic heterocycles. The highest BCUT2D eigenvalue weighted by molar-refractivity contribution is 5.37. The molecular formula is C13H19NO. The molecule has 0 atom stereocenters. The molecule has 0 unspecified atom stereocenters. The van der Waals surface area contributed by atoms with Gasteiger partial charge >= 0.3 is 0 Å². The van der Waals surface area contributed by atoms with E-state index in [0.29, 0.717) is 11.7 Å². The summed E-state index contributed by atoms with van der Waals surface area (Å²) in [6.45, 7) is 4.39. The Kier molecular flexibility index (Phi) is 3.27. The summed E-state index contributed by atoms with van der Waals surface area (Å²) in [6, 6.07) is 5.83. The summed E-state index contributed by atoms with van der Waals surface area (Å²) < 4.78 is 0. The van der Waals surface area contributed by atoms with Gasteiger partial charge in [0.15, 0.2) is 0 Å². The number of rotatable bonds is 2. The highest BCUT2D eigenvalue weighted by Gasteiger charge is 2.17. The second kappa shape index (κ2) is 4.67. The second-order valence-corrected chi connectivity index (χ2v) is 4.26. The molecular weight excluding hydrogens is 186 g/mol. The van der Waals surface area contributed by atoms with Crippen LogP contribution in [0.25, 0.3) is 0 Å². The first-order chi connectivity index (χ1) is 7.31. The lowest BCUT2D eigenvalue weighted by Gasteiger charge is -2.25. The summed E-state index contributed by atoms with van der Waals surface area (Å²) in [5, 5.41) is 12.8. The lowest BCUT2D eigenvalue weighted by atomic mass is 9.86. The quantitative estimate of drug-likeness (QED) is 0.777. The number of hydrogen-bond donors (Lipinski definition) is 2. The van der Waals surface area contributed by atoms with Crippen molar-refractivity contribution in [1.29, 1.82) is 0 Å². The molecule has 0 amide bonds. The van der Waals surface area contributed by atoms with Gasteiger partial charge in [-0.25, -0.2) is 0 Å². The number of piperidine rings is 1. The molecule has 1 aliphatic rings. The largest absolute Gasteiger partial charge is 0.508 e. The third kappa shape index (κ3) is 2.32. The Morgan fingerprint density at radius 3 is 2.73 bits per heavy atom. The molecule has 1 fully saturated rings. The first-order valence-corrected chi connectivity index (χ1v) is 5.83. The first kappa shape index (κ1) is 10.5. The van der Waals surface area contributed by atoms with Crippen molar-refractivity contribution in [2.75, 3.05) is 13.1 Å². The van der Waals surface area contributed by atoms with E-state index in [0.717, 1.165) is 19.5 Å². The Labute approximate surface area is 91.3 Å². The van der Waals surface area contributed by atoms with E-state index in [4.69, 9.17) is 0 Å². The minimum Gasteiger partial charge on any atom is -0.508 e. The molecule has 2 heteroatoms. The number of hydrogen-bond acceptors (Lipinski definition) is 2. The maximum atomic E-state index is 9.45. The molecule has 2 N–H and O–H groups in total. The van der Waals surface area contributed by atoms with Crippen LogP contribution in [0.4, 0.5) is 0 Å². The van der Waals surface area contributed by atoms with Crippen LogP contribution in [0, 0.1) is 0 Å². The highest BCUT2D eigenvalue weighted by atomic mass is 16.3. The predicted molar refractivity (Wildman–Crippen MR) is 62.3 cm³/mol. The van der Waals surface area contributed by atoms with Gasteiger partial charge in [-0.15, -0.1) is 0 Å². The fourth-order valence-electron chi connectivity index (χ4n) is 2.43. The number of phenolic OH excluding ortho intramolecular Hbond substituents is 1. The van der Waals surface area contributed by atoms with Crippen LogP contribution in [0.1, 0.15) is 36.8 Å². The van der Waals surface area contributed by atoms with Crippen molar-refractivity contribution in [3.05, 3.63) is 29.3 Å². The Balaban J connectivity index is 2.25. The van der Waals surface area contributed by atoms with Crippen molar-refractivity contribution in [2.45, 2.75) is 32.1 Å². The third-order valence-electron chi connectivity index (χ3n) is 3.29. The Morgan fingerprint density at radius 2 is 2.07 bits per heavy atom. The third-order valence-corrected chi connectivity index (χ3v) is 3.29. The van der Waals surface area contributed by atoms with Crippen molar-refractivity contribution >= 4 is 0 Å². The average Bonchev–Trinajstić information content (AvgIpc) is 2.30. The molecule has 2 nitrogen and oxygen atoms in total. The zero-order chi connectivity index (χ0) is 10.7. The summed E-state index contributed by atoms with van der Waals surface area (Å²) in [6.07, 6.45) is 3.45. The van der Waals surface area contributed by atoms with Gasteiger partial charge in [0, 0.05) is 0 Å². The first-order valence-electron chi connectivity index (χ1n) is 5.83. The number of aromatic hydroxyl groups is 1. The monoisotopic (exact) mass is 205 g/mol. The second-order valence-electron chi connectivity index (χ2n) is 4.26. The van der Waals surface area contributed by atoms with E-state index in [2.05, 4.69) is 18.3 Å². The van der Waals surface area contributed by atoms with Gasteiger partial charge in [0.05, 0.1) is 0 Å². The summed E-state index contributed by atoms with van der Waals surface area (Å²) in [5.41, 5.74) is 2.75. The lowest BCUT2D eigenvalue weighted by molar-refractivity contribution is 0.454. The SMILES string of the molecule is CCc1cc(O)ccc1C1CCNCC1. The fourth-order valence-corrected chi connectivity index (χ4v) is 2.43. The summed E-state index contributed by atoms with van der Waals surface area (Å²) in [7, 11) is 0. The maximum absolute atomic E-state index is 9.45. The van der Waals surface area contributed by atoms with Gasteiger partial charge in [-0.2, -0.15) is 0 Å². The zero-order valence-corrected chi connectivity index (χ0v) is 9.29. The minimum atomic E-state index is 0.393. The van der Waals surface area contributed by atoms with Crippen LogP contribution in [-0.4, -0.2) is 18.2 Å². The standard InChI is InChI=1S/C13H19NO/c1-2-10-9-12(15)3-4-13(10)11-5-7-14-8-6-11/h3-4,9,11,14-15H,2,5-8H2,1H3. The van der Waals surface area contributed by atoms with Gasteiger partial charge in [-0.05, 0) is 61.5 Å². The average molecular weight is 205 g/mol. The van der Waals surface area contributed by atoms with Crippen LogP contribution in [0.5, 0.6) is 5.75 Å². The Morgan fingerprint density at radius 1 is 1.33 bits per heavy atom. The predicted octanol–water partition coefficient (Wildman–Crippen LogP) is 2.42. The van der Waals surface area contributed by atoms with Crippen LogP contribution in [0.3, 0.4) is 0 Å². The van der Waals surface area contributed by atoms with E-state index < -0.39 is 0 Å². The molecule has 0 saturated carbocycles. The number of nitrogens with one attached hydrogen (secondary N) is 1. The van der Waals surface area contributed by atoms with Gasteiger partial charge < -0.3 is 10.4 Å². The smallest absolute Gasteiger partial charge is 0.115 e. The molecule has 0 bridgehead atoms. The number of benzene rings is 1. The Hall–Kier alpha value is -1.02. The van der Waals surface area contributed by atoms with Crippen LogP contribution < -0.4 is 5.32 Å². The van der Waals surface area contributed by atoms with Crippen LogP contribution >= 0.6 is 0 Å². The van der Waals surface area contributed by atoms with Crippen LogP contribution in [-0.2, 0) is 6.42 Å². The van der Waals surface area contributed by atoms with Crippen LogP contribution in [0.2, 0.25) is 0 Å².